The number of hydrogen-bond donors (Lipinski definition) is 2. The third-order valence-electron chi connectivity index (χ3n) is 3.78. The zero-order chi connectivity index (χ0) is 16.6. The molecule has 0 aliphatic heterocycles. The van der Waals surface area contributed by atoms with Crippen molar-refractivity contribution >= 4 is 17.8 Å². The number of rotatable bonds is 9. The van der Waals surface area contributed by atoms with Gasteiger partial charge >= 0.3 is 5.97 Å². The van der Waals surface area contributed by atoms with Gasteiger partial charge in [-0.2, -0.15) is 0 Å². The summed E-state index contributed by atoms with van der Waals surface area (Å²) in [6.45, 7) is 9.49. The summed E-state index contributed by atoms with van der Waals surface area (Å²) in [6.07, 6.45) is 1.22. The Morgan fingerprint density at radius 3 is 2.14 bits per heavy atom. The van der Waals surface area contributed by atoms with E-state index >= 15 is 0 Å². The van der Waals surface area contributed by atoms with Gasteiger partial charge in [-0.15, -0.1) is 0 Å². The van der Waals surface area contributed by atoms with Crippen LogP contribution >= 0.6 is 0 Å². The second-order valence-electron chi connectivity index (χ2n) is 5.70. The summed E-state index contributed by atoms with van der Waals surface area (Å²) in [5.41, 5.74) is 0. The van der Waals surface area contributed by atoms with Crippen molar-refractivity contribution in [3.05, 3.63) is 0 Å². The number of hydrogen-bond acceptors (Lipinski definition) is 3. The van der Waals surface area contributed by atoms with Crippen molar-refractivity contribution in [2.24, 2.45) is 11.8 Å². The van der Waals surface area contributed by atoms with E-state index in [1.54, 1.807) is 0 Å². The van der Waals surface area contributed by atoms with E-state index < -0.39 is 12.0 Å². The maximum absolute atomic E-state index is 12.4. The van der Waals surface area contributed by atoms with Gasteiger partial charge in [0.25, 0.3) is 0 Å². The molecule has 0 heterocycles. The highest BCUT2D eigenvalue weighted by Crippen LogP contribution is 2.20. The molecule has 6 heteroatoms. The van der Waals surface area contributed by atoms with Gasteiger partial charge in [0, 0.05) is 26.4 Å². The highest BCUT2D eigenvalue weighted by atomic mass is 16.4. The van der Waals surface area contributed by atoms with E-state index in [9.17, 15) is 14.4 Å². The van der Waals surface area contributed by atoms with E-state index in [0.717, 1.165) is 6.42 Å². The van der Waals surface area contributed by atoms with E-state index in [0.29, 0.717) is 12.3 Å². The van der Waals surface area contributed by atoms with E-state index in [-0.39, 0.29) is 30.8 Å². The molecule has 2 atom stereocenters. The van der Waals surface area contributed by atoms with Crippen LogP contribution in [0, 0.1) is 11.8 Å². The number of carbonyl (C=O) groups excluding carboxylic acids is 2. The SMILES string of the molecule is CCC(CC(=O)N(CCNC(C)=O)C(C)C(=O)O)C(C)C. The molecule has 0 aromatic rings. The zero-order valence-corrected chi connectivity index (χ0v) is 13.7. The third kappa shape index (κ3) is 7.11. The van der Waals surface area contributed by atoms with Gasteiger partial charge in [0.15, 0.2) is 0 Å². The normalized spacial score (nSPS) is 13.6. The van der Waals surface area contributed by atoms with Crippen LogP contribution < -0.4 is 5.32 Å². The maximum atomic E-state index is 12.4. The molecule has 0 aromatic heterocycles. The predicted molar refractivity (Wildman–Crippen MR) is 80.7 cm³/mol. The van der Waals surface area contributed by atoms with Crippen LogP contribution in [0.5, 0.6) is 0 Å². The molecule has 0 rings (SSSR count). The van der Waals surface area contributed by atoms with E-state index in [4.69, 9.17) is 5.11 Å². The lowest BCUT2D eigenvalue weighted by Crippen LogP contribution is -2.47. The van der Waals surface area contributed by atoms with Crippen LogP contribution in [-0.2, 0) is 14.4 Å². The van der Waals surface area contributed by atoms with Crippen LogP contribution in [0.25, 0.3) is 0 Å². The number of carbonyl (C=O) groups is 3. The minimum Gasteiger partial charge on any atom is -0.480 e. The molecule has 21 heavy (non-hydrogen) atoms. The Morgan fingerprint density at radius 1 is 1.19 bits per heavy atom. The molecule has 2 amide bonds. The molecule has 0 radical (unpaired) electrons. The fourth-order valence-corrected chi connectivity index (χ4v) is 2.21. The topological polar surface area (TPSA) is 86.7 Å². The Kier molecular flexibility index (Phi) is 8.66. The quantitative estimate of drug-likeness (QED) is 0.675. The number of nitrogens with one attached hydrogen (secondary N) is 1. The summed E-state index contributed by atoms with van der Waals surface area (Å²) in [5, 5.41) is 11.7. The summed E-state index contributed by atoms with van der Waals surface area (Å²) >= 11 is 0. The van der Waals surface area contributed by atoms with Crippen molar-refractivity contribution in [2.45, 2.75) is 53.5 Å². The standard InChI is InChI=1S/C15H28N2O4/c1-6-13(10(2)3)9-14(19)17(11(4)15(20)21)8-7-16-12(5)18/h10-11,13H,6-9H2,1-5H3,(H,16,18)(H,20,21). The first-order valence-electron chi connectivity index (χ1n) is 7.47. The second kappa shape index (κ2) is 9.37. The van der Waals surface area contributed by atoms with Crippen LogP contribution in [0.4, 0.5) is 0 Å². The average molecular weight is 300 g/mol. The van der Waals surface area contributed by atoms with Gasteiger partial charge in [0.1, 0.15) is 6.04 Å². The van der Waals surface area contributed by atoms with Crippen molar-refractivity contribution in [1.82, 2.24) is 10.2 Å². The predicted octanol–water partition coefficient (Wildman–Crippen LogP) is 1.50. The Bertz CT molecular complexity index is 369. The fraction of sp³-hybridized carbons (Fsp3) is 0.800. The van der Waals surface area contributed by atoms with Crippen molar-refractivity contribution in [3.8, 4) is 0 Å². The molecule has 0 saturated carbocycles. The molecule has 0 saturated heterocycles. The van der Waals surface area contributed by atoms with Gasteiger partial charge in [-0.1, -0.05) is 27.2 Å². The highest BCUT2D eigenvalue weighted by Gasteiger charge is 2.27. The summed E-state index contributed by atoms with van der Waals surface area (Å²) in [4.78, 5) is 35.8. The minimum absolute atomic E-state index is 0.171. The summed E-state index contributed by atoms with van der Waals surface area (Å²) in [7, 11) is 0. The lowest BCUT2D eigenvalue weighted by molar-refractivity contribution is -0.150. The lowest BCUT2D eigenvalue weighted by atomic mass is 9.89. The molecule has 0 aromatic carbocycles. The van der Waals surface area contributed by atoms with E-state index in [1.807, 2.05) is 6.92 Å². The Labute approximate surface area is 126 Å². The first-order valence-corrected chi connectivity index (χ1v) is 7.47. The van der Waals surface area contributed by atoms with Crippen LogP contribution in [-0.4, -0.2) is 46.9 Å². The molecule has 0 aliphatic carbocycles. The van der Waals surface area contributed by atoms with Gasteiger partial charge in [0.2, 0.25) is 11.8 Å². The molecule has 2 unspecified atom stereocenters. The molecule has 2 N–H and O–H groups in total. The maximum Gasteiger partial charge on any atom is 0.326 e. The molecular weight excluding hydrogens is 272 g/mol. The van der Waals surface area contributed by atoms with Crippen molar-refractivity contribution < 1.29 is 19.5 Å². The third-order valence-corrected chi connectivity index (χ3v) is 3.78. The molecule has 0 bridgehead atoms. The first kappa shape index (κ1) is 19.4. The van der Waals surface area contributed by atoms with Crippen LogP contribution in [0.15, 0.2) is 0 Å². The van der Waals surface area contributed by atoms with Crippen molar-refractivity contribution in [1.29, 1.82) is 0 Å². The summed E-state index contributed by atoms with van der Waals surface area (Å²) < 4.78 is 0. The first-order chi connectivity index (χ1) is 9.70. The number of aliphatic carboxylic acids is 1. The molecule has 0 aliphatic rings. The van der Waals surface area contributed by atoms with E-state index in [1.165, 1.54) is 18.7 Å². The van der Waals surface area contributed by atoms with Crippen LogP contribution in [0.2, 0.25) is 0 Å². The molecule has 0 fully saturated rings. The Balaban J connectivity index is 4.80. The largest absolute Gasteiger partial charge is 0.480 e. The van der Waals surface area contributed by atoms with Crippen LogP contribution in [0.3, 0.4) is 0 Å². The monoisotopic (exact) mass is 300 g/mol. The van der Waals surface area contributed by atoms with Gasteiger partial charge in [-0.05, 0) is 18.8 Å². The smallest absolute Gasteiger partial charge is 0.326 e. The summed E-state index contributed by atoms with van der Waals surface area (Å²) in [6, 6.07) is -0.893. The van der Waals surface area contributed by atoms with Crippen LogP contribution in [0.1, 0.15) is 47.5 Å². The molecule has 122 valence electrons. The van der Waals surface area contributed by atoms with Crippen molar-refractivity contribution in [2.75, 3.05) is 13.1 Å². The molecular formula is C15H28N2O4. The van der Waals surface area contributed by atoms with Crippen molar-refractivity contribution in [3.63, 3.8) is 0 Å². The number of nitrogens with zero attached hydrogens (tertiary/aromatic N) is 1. The second-order valence-corrected chi connectivity index (χ2v) is 5.70. The highest BCUT2D eigenvalue weighted by molar-refractivity contribution is 5.83. The van der Waals surface area contributed by atoms with Gasteiger partial charge in [-0.3, -0.25) is 9.59 Å². The molecule has 6 nitrogen and oxygen atoms in total. The zero-order valence-electron chi connectivity index (χ0n) is 13.7. The average Bonchev–Trinajstić information content (AvgIpc) is 2.39. The Hall–Kier alpha value is -1.59. The number of carboxylic acids is 1. The minimum atomic E-state index is -1.04. The fourth-order valence-electron chi connectivity index (χ4n) is 2.21. The van der Waals surface area contributed by atoms with Gasteiger partial charge < -0.3 is 15.3 Å². The Morgan fingerprint density at radius 2 is 1.76 bits per heavy atom. The lowest BCUT2D eigenvalue weighted by Gasteiger charge is -2.29. The van der Waals surface area contributed by atoms with E-state index in [2.05, 4.69) is 19.2 Å². The van der Waals surface area contributed by atoms with Gasteiger partial charge in [0.05, 0.1) is 0 Å². The molecule has 0 spiro atoms. The summed E-state index contributed by atoms with van der Waals surface area (Å²) in [5.74, 6) is -0.795. The number of carboxylic acid groups (broad SMARTS) is 1. The number of amides is 2. The van der Waals surface area contributed by atoms with Gasteiger partial charge in [-0.25, -0.2) is 4.79 Å².